The number of ether oxygens (including phenoxy) is 2. The molecule has 2 unspecified atom stereocenters. The fourth-order valence-electron chi connectivity index (χ4n) is 3.88. The third kappa shape index (κ3) is 11.2. The Bertz CT molecular complexity index is 620. The van der Waals surface area contributed by atoms with Crippen LogP contribution in [0.15, 0.2) is 11.5 Å². The summed E-state index contributed by atoms with van der Waals surface area (Å²) < 4.78 is 9.73. The van der Waals surface area contributed by atoms with Gasteiger partial charge in [0.05, 0.1) is 6.61 Å². The summed E-state index contributed by atoms with van der Waals surface area (Å²) in [5, 5.41) is 48.5. The average molecular weight is 489 g/mol. The van der Waals surface area contributed by atoms with Crippen molar-refractivity contribution in [3.8, 4) is 0 Å². The summed E-state index contributed by atoms with van der Waals surface area (Å²) in [6, 6.07) is 0. The molecule has 9 nitrogen and oxygen atoms in total. The number of carbonyl (C=O) groups is 2. The highest BCUT2D eigenvalue weighted by Gasteiger charge is 2.44. The molecule has 0 amide bonds. The minimum absolute atomic E-state index is 0.0766. The van der Waals surface area contributed by atoms with Gasteiger partial charge in [0.15, 0.2) is 17.6 Å². The molecule has 0 aliphatic carbocycles. The van der Waals surface area contributed by atoms with Gasteiger partial charge >= 0.3 is 5.97 Å². The number of hydrogen-bond donors (Lipinski definition) is 5. The first kappa shape index (κ1) is 30.4. The highest BCUT2D eigenvalue weighted by Crippen LogP contribution is 2.26. The zero-order valence-electron chi connectivity index (χ0n) is 20.5. The summed E-state index contributed by atoms with van der Waals surface area (Å²) >= 11 is 0. The van der Waals surface area contributed by atoms with Crippen LogP contribution < -0.4 is 0 Å². The standard InChI is InChI=1S/C25H44O9/c1-2-3-4-5-6-7-8-9-10-11-12-13-14-15-19(28)20(29)21(30)23-22(31)24(25(32)34-23)33-17-18(27)16-26/h18,20-21,23,26-27,29-31H,2-17H2,1H3/t18?,20?,21-,23+/m0/s1. The molecule has 34 heavy (non-hydrogen) atoms. The molecule has 4 atom stereocenters. The summed E-state index contributed by atoms with van der Waals surface area (Å²) in [5.74, 6) is -3.09. The van der Waals surface area contributed by atoms with E-state index in [0.717, 1.165) is 19.3 Å². The quantitative estimate of drug-likeness (QED) is 0.121. The molecule has 0 spiro atoms. The molecule has 5 N–H and O–H groups in total. The molecule has 0 bridgehead atoms. The lowest BCUT2D eigenvalue weighted by Crippen LogP contribution is -2.43. The van der Waals surface area contributed by atoms with E-state index in [2.05, 4.69) is 6.92 Å². The van der Waals surface area contributed by atoms with Crippen LogP contribution in [0.3, 0.4) is 0 Å². The Kier molecular flexibility index (Phi) is 15.8. The van der Waals surface area contributed by atoms with Crippen LogP contribution in [-0.2, 0) is 19.1 Å². The maximum Gasteiger partial charge on any atom is 0.378 e. The number of cyclic esters (lactones) is 1. The Morgan fingerprint density at radius 1 is 0.912 bits per heavy atom. The Morgan fingerprint density at radius 2 is 1.41 bits per heavy atom. The van der Waals surface area contributed by atoms with Crippen molar-refractivity contribution in [2.75, 3.05) is 13.2 Å². The van der Waals surface area contributed by atoms with E-state index in [0.29, 0.717) is 6.42 Å². The van der Waals surface area contributed by atoms with Gasteiger partial charge in [0.25, 0.3) is 0 Å². The average Bonchev–Trinajstić information content (AvgIpc) is 3.12. The van der Waals surface area contributed by atoms with Crippen molar-refractivity contribution in [3.63, 3.8) is 0 Å². The van der Waals surface area contributed by atoms with E-state index >= 15 is 0 Å². The van der Waals surface area contributed by atoms with Gasteiger partial charge in [-0.05, 0) is 6.42 Å². The lowest BCUT2D eigenvalue weighted by atomic mass is 9.98. The van der Waals surface area contributed by atoms with E-state index in [1.807, 2.05) is 0 Å². The first-order valence-electron chi connectivity index (χ1n) is 12.8. The molecule has 1 aliphatic heterocycles. The molecule has 0 radical (unpaired) electrons. The van der Waals surface area contributed by atoms with E-state index in [4.69, 9.17) is 14.6 Å². The van der Waals surface area contributed by atoms with Crippen LogP contribution in [0.2, 0.25) is 0 Å². The molecule has 0 saturated heterocycles. The van der Waals surface area contributed by atoms with Gasteiger partial charge in [-0.25, -0.2) is 4.79 Å². The molecule has 0 fully saturated rings. The zero-order valence-corrected chi connectivity index (χ0v) is 20.5. The summed E-state index contributed by atoms with van der Waals surface area (Å²) in [5.41, 5.74) is 0. The smallest absolute Gasteiger partial charge is 0.378 e. The van der Waals surface area contributed by atoms with Crippen LogP contribution in [0.25, 0.3) is 0 Å². The van der Waals surface area contributed by atoms with Crippen LogP contribution in [0.4, 0.5) is 0 Å². The monoisotopic (exact) mass is 488 g/mol. The number of ketones is 1. The number of aliphatic hydroxyl groups excluding tert-OH is 5. The zero-order chi connectivity index (χ0) is 25.3. The molecule has 0 saturated carbocycles. The fraction of sp³-hybridized carbons (Fsp3) is 0.840. The normalized spacial score (nSPS) is 18.6. The van der Waals surface area contributed by atoms with Crippen LogP contribution in [0, 0.1) is 0 Å². The molecule has 0 aromatic carbocycles. The number of rotatable bonds is 21. The minimum Gasteiger partial charge on any atom is -0.505 e. The molecule has 9 heteroatoms. The predicted octanol–water partition coefficient (Wildman–Crippen LogP) is 2.82. The van der Waals surface area contributed by atoms with Crippen LogP contribution in [0.5, 0.6) is 0 Å². The SMILES string of the molecule is CCCCCCCCCCCCCCCC(=O)C(O)[C@H](O)[C@H]1OC(=O)C(OCC(O)CO)=C1O. The van der Waals surface area contributed by atoms with E-state index in [1.54, 1.807) is 0 Å². The third-order valence-electron chi connectivity index (χ3n) is 6.04. The maximum absolute atomic E-state index is 12.2. The van der Waals surface area contributed by atoms with E-state index in [-0.39, 0.29) is 6.42 Å². The predicted molar refractivity (Wildman–Crippen MR) is 126 cm³/mol. The molecule has 1 heterocycles. The van der Waals surface area contributed by atoms with Gasteiger partial charge in [-0.1, -0.05) is 84.0 Å². The Morgan fingerprint density at radius 3 is 1.91 bits per heavy atom. The second kappa shape index (κ2) is 17.7. The number of unbranched alkanes of at least 4 members (excludes halogenated alkanes) is 12. The van der Waals surface area contributed by atoms with Crippen molar-refractivity contribution in [1.29, 1.82) is 0 Å². The second-order valence-electron chi connectivity index (χ2n) is 9.08. The van der Waals surface area contributed by atoms with E-state index in [1.165, 1.54) is 57.8 Å². The lowest BCUT2D eigenvalue weighted by molar-refractivity contribution is -0.155. The van der Waals surface area contributed by atoms with Crippen molar-refractivity contribution in [1.82, 2.24) is 0 Å². The Hall–Kier alpha value is -1.68. The van der Waals surface area contributed by atoms with Crippen LogP contribution >= 0.6 is 0 Å². The molecular weight excluding hydrogens is 444 g/mol. The Labute approximate surface area is 202 Å². The number of hydrogen-bond acceptors (Lipinski definition) is 9. The lowest BCUT2D eigenvalue weighted by Gasteiger charge is -2.21. The molecule has 0 aromatic rings. The fourth-order valence-corrected chi connectivity index (χ4v) is 3.88. The van der Waals surface area contributed by atoms with Gasteiger partial charge < -0.3 is 35.0 Å². The summed E-state index contributed by atoms with van der Waals surface area (Å²) in [6.45, 7) is 1.14. The highest BCUT2D eigenvalue weighted by atomic mass is 16.6. The molecular formula is C25H44O9. The van der Waals surface area contributed by atoms with Crippen LogP contribution in [-0.4, -0.2) is 74.9 Å². The van der Waals surface area contributed by atoms with Crippen molar-refractivity contribution in [2.24, 2.45) is 0 Å². The van der Waals surface area contributed by atoms with Gasteiger partial charge in [-0.3, -0.25) is 4.79 Å². The number of esters is 1. The van der Waals surface area contributed by atoms with Crippen molar-refractivity contribution < 1.29 is 44.6 Å². The largest absolute Gasteiger partial charge is 0.505 e. The molecule has 198 valence electrons. The van der Waals surface area contributed by atoms with E-state index in [9.17, 15) is 30.0 Å². The number of carbonyl (C=O) groups excluding carboxylic acids is 2. The van der Waals surface area contributed by atoms with Gasteiger partial charge in [-0.15, -0.1) is 0 Å². The minimum atomic E-state index is -1.85. The topological polar surface area (TPSA) is 154 Å². The summed E-state index contributed by atoms with van der Waals surface area (Å²) in [6.07, 6.45) is 8.66. The van der Waals surface area contributed by atoms with Crippen molar-refractivity contribution in [3.05, 3.63) is 11.5 Å². The van der Waals surface area contributed by atoms with Gasteiger partial charge in [-0.2, -0.15) is 0 Å². The van der Waals surface area contributed by atoms with Crippen molar-refractivity contribution >= 4 is 11.8 Å². The van der Waals surface area contributed by atoms with Gasteiger partial charge in [0, 0.05) is 6.42 Å². The maximum atomic E-state index is 12.2. The number of aliphatic hydroxyl groups is 5. The number of Topliss-reactive ketones (excluding diaryl/α,β-unsaturated/α-hetero) is 1. The Balaban J connectivity index is 2.21. The summed E-state index contributed by atoms with van der Waals surface area (Å²) in [4.78, 5) is 24.0. The highest BCUT2D eigenvalue weighted by molar-refractivity contribution is 5.90. The molecule has 0 aromatic heterocycles. The first-order chi connectivity index (χ1) is 16.3. The van der Waals surface area contributed by atoms with Gasteiger partial charge in [0.2, 0.25) is 5.76 Å². The molecule has 1 rings (SSSR count). The van der Waals surface area contributed by atoms with Crippen LogP contribution in [0.1, 0.15) is 96.8 Å². The second-order valence-corrected chi connectivity index (χ2v) is 9.08. The van der Waals surface area contributed by atoms with Gasteiger partial charge in [0.1, 0.15) is 24.9 Å². The molecule has 1 aliphatic rings. The van der Waals surface area contributed by atoms with E-state index < -0.39 is 60.9 Å². The summed E-state index contributed by atoms with van der Waals surface area (Å²) in [7, 11) is 0. The first-order valence-corrected chi connectivity index (χ1v) is 12.8. The third-order valence-corrected chi connectivity index (χ3v) is 6.04. The van der Waals surface area contributed by atoms with Crippen molar-refractivity contribution in [2.45, 2.75) is 121 Å².